The Morgan fingerprint density at radius 1 is 1.05 bits per heavy atom. The van der Waals surface area contributed by atoms with Crippen LogP contribution in [-0.4, -0.2) is 35.5 Å². The Balaban J connectivity index is 2.18. The van der Waals surface area contributed by atoms with Gasteiger partial charge in [-0.25, -0.2) is 0 Å². The van der Waals surface area contributed by atoms with Crippen LogP contribution in [0.5, 0.6) is 0 Å². The molecule has 0 fully saturated rings. The molecule has 3 aromatic rings. The summed E-state index contributed by atoms with van der Waals surface area (Å²) in [7, 11) is 0. The maximum Gasteiger partial charge on any atom is 0.332 e. The van der Waals surface area contributed by atoms with Gasteiger partial charge in [-0.3, -0.25) is 15.2 Å². The van der Waals surface area contributed by atoms with E-state index >= 15 is 0 Å². The van der Waals surface area contributed by atoms with Crippen LogP contribution < -0.4 is 11.5 Å². The van der Waals surface area contributed by atoms with E-state index in [0.29, 0.717) is 0 Å². The second-order valence-corrected chi connectivity index (χ2v) is 3.44. The van der Waals surface area contributed by atoms with Gasteiger partial charge in [-0.2, -0.15) is 5.10 Å². The number of nitrogens with zero attached hydrogens (tertiary/aromatic N) is 6. The van der Waals surface area contributed by atoms with Crippen molar-refractivity contribution in [3.63, 3.8) is 0 Å². The normalized spacial score (nSPS) is 10.8. The van der Waals surface area contributed by atoms with E-state index in [-0.39, 0.29) is 35.2 Å². The van der Waals surface area contributed by atoms with Gasteiger partial charge < -0.3 is 20.3 Å². The van der Waals surface area contributed by atoms with Crippen LogP contribution in [-0.2, 0) is 0 Å². The van der Waals surface area contributed by atoms with Crippen molar-refractivity contribution in [2.24, 2.45) is 0 Å². The number of H-pyrrole nitrogens is 1. The predicted octanol–water partition coefficient (Wildman–Crippen LogP) is -0.418. The van der Waals surface area contributed by atoms with E-state index in [1.54, 1.807) is 0 Å². The fourth-order valence-corrected chi connectivity index (χ4v) is 1.48. The first-order valence-corrected chi connectivity index (χ1v) is 4.97. The summed E-state index contributed by atoms with van der Waals surface area (Å²) >= 11 is 0. The number of anilines is 2. The van der Waals surface area contributed by atoms with Crippen LogP contribution in [0.1, 0.15) is 0 Å². The molecule has 13 heteroatoms. The van der Waals surface area contributed by atoms with Crippen molar-refractivity contribution < 1.29 is 13.8 Å². The number of aromatic amines is 1. The third-order valence-electron chi connectivity index (χ3n) is 2.22. The van der Waals surface area contributed by atoms with Crippen LogP contribution in [0.2, 0.25) is 0 Å². The lowest BCUT2D eigenvalue weighted by Crippen LogP contribution is -1.92. The second kappa shape index (κ2) is 4.01. The average molecular weight is 279 g/mol. The smallest absolute Gasteiger partial charge is 0.332 e. The van der Waals surface area contributed by atoms with Crippen LogP contribution in [0.25, 0.3) is 23.2 Å². The number of hydrogen-bond donors (Lipinski definition) is 3. The van der Waals surface area contributed by atoms with Crippen molar-refractivity contribution in [2.45, 2.75) is 0 Å². The Labute approximate surface area is 108 Å². The molecule has 0 amide bonds. The molecule has 0 aliphatic heterocycles. The Bertz CT molecular complexity index is 728. The monoisotopic (exact) mass is 279 g/mol. The third-order valence-corrected chi connectivity index (χ3v) is 2.22. The standard InChI is InChI=1S/C7H5N9O4/c8-6-14-12-4(19-6)1-3(16(17)18)2(11-10-1)5-13-15-7(9)20-5/h(H2,8,14)(H2,9,15)(H,10,11). The minimum absolute atomic E-state index is 0.133. The fraction of sp³-hybridized carbons (Fsp3) is 0. The number of nitrogen functional groups attached to an aromatic ring is 2. The molecule has 5 N–H and O–H groups in total. The van der Waals surface area contributed by atoms with Gasteiger partial charge in [0, 0.05) is 0 Å². The maximum absolute atomic E-state index is 11.2. The highest BCUT2D eigenvalue weighted by Gasteiger charge is 2.32. The first kappa shape index (κ1) is 11.6. The van der Waals surface area contributed by atoms with Gasteiger partial charge in [0.25, 0.3) is 11.8 Å². The van der Waals surface area contributed by atoms with E-state index in [0.717, 1.165) is 0 Å². The highest BCUT2D eigenvalue weighted by Crippen LogP contribution is 2.35. The van der Waals surface area contributed by atoms with Gasteiger partial charge in [-0.15, -0.1) is 10.2 Å². The van der Waals surface area contributed by atoms with Crippen LogP contribution in [0.4, 0.5) is 17.7 Å². The van der Waals surface area contributed by atoms with Crippen molar-refractivity contribution in [3.8, 4) is 23.2 Å². The minimum Gasteiger partial charge on any atom is -0.402 e. The fourth-order valence-electron chi connectivity index (χ4n) is 1.48. The van der Waals surface area contributed by atoms with Gasteiger partial charge in [0.15, 0.2) is 0 Å². The first-order chi connectivity index (χ1) is 9.56. The molecule has 0 spiro atoms. The summed E-state index contributed by atoms with van der Waals surface area (Å²) < 4.78 is 9.80. The summed E-state index contributed by atoms with van der Waals surface area (Å²) in [5.74, 6) is -0.412. The lowest BCUT2D eigenvalue weighted by Gasteiger charge is -1.91. The summed E-state index contributed by atoms with van der Waals surface area (Å²) in [4.78, 5) is 10.5. The maximum atomic E-state index is 11.2. The molecule has 0 saturated carbocycles. The van der Waals surface area contributed by atoms with Crippen LogP contribution >= 0.6 is 0 Å². The van der Waals surface area contributed by atoms with E-state index in [4.69, 9.17) is 20.3 Å². The summed E-state index contributed by atoms with van der Waals surface area (Å²) in [6.07, 6.45) is 0. The third kappa shape index (κ3) is 1.69. The van der Waals surface area contributed by atoms with Crippen LogP contribution in [0.15, 0.2) is 8.83 Å². The largest absolute Gasteiger partial charge is 0.402 e. The molecule has 0 aliphatic rings. The molecule has 0 aromatic carbocycles. The molecular formula is C7H5N9O4. The van der Waals surface area contributed by atoms with Crippen molar-refractivity contribution in [3.05, 3.63) is 10.1 Å². The van der Waals surface area contributed by atoms with E-state index in [1.807, 2.05) is 0 Å². The van der Waals surface area contributed by atoms with Gasteiger partial charge in [0.1, 0.15) is 0 Å². The lowest BCUT2D eigenvalue weighted by molar-refractivity contribution is -0.383. The van der Waals surface area contributed by atoms with Gasteiger partial charge in [-0.1, -0.05) is 10.2 Å². The second-order valence-electron chi connectivity index (χ2n) is 3.44. The molecule has 0 radical (unpaired) electrons. The zero-order valence-corrected chi connectivity index (χ0v) is 9.47. The van der Waals surface area contributed by atoms with Crippen LogP contribution in [0, 0.1) is 10.1 Å². The minimum atomic E-state index is -0.713. The SMILES string of the molecule is Nc1nnc(-c2n[nH]c(-c3nnc(N)o3)c2[N+](=O)[O-])o1. The van der Waals surface area contributed by atoms with Gasteiger partial charge >= 0.3 is 17.7 Å². The summed E-state index contributed by atoms with van der Waals surface area (Å²) in [6.45, 7) is 0. The summed E-state index contributed by atoms with van der Waals surface area (Å²) in [5.41, 5.74) is 9.71. The molecule has 3 rings (SSSR count). The van der Waals surface area contributed by atoms with Gasteiger partial charge in [-0.05, 0) is 0 Å². The molecule has 20 heavy (non-hydrogen) atoms. The van der Waals surface area contributed by atoms with Crippen molar-refractivity contribution in [1.29, 1.82) is 0 Å². The number of aromatic nitrogens is 6. The van der Waals surface area contributed by atoms with Gasteiger partial charge in [0.05, 0.1) is 4.92 Å². The van der Waals surface area contributed by atoms with Crippen molar-refractivity contribution in [2.75, 3.05) is 11.5 Å². The first-order valence-electron chi connectivity index (χ1n) is 4.97. The molecule has 0 aliphatic carbocycles. The Hall–Kier alpha value is -3.51. The number of nitrogens with two attached hydrogens (primary N) is 2. The quantitative estimate of drug-likeness (QED) is 0.414. The summed E-state index contributed by atoms with van der Waals surface area (Å²) in [6, 6.07) is -0.492. The molecule has 0 atom stereocenters. The number of rotatable bonds is 3. The van der Waals surface area contributed by atoms with Crippen molar-refractivity contribution in [1.82, 2.24) is 30.6 Å². The Morgan fingerprint density at radius 2 is 1.65 bits per heavy atom. The topological polar surface area (TPSA) is 202 Å². The lowest BCUT2D eigenvalue weighted by atomic mass is 10.3. The zero-order chi connectivity index (χ0) is 14.3. The van der Waals surface area contributed by atoms with E-state index in [9.17, 15) is 10.1 Å². The molecule has 0 saturated heterocycles. The van der Waals surface area contributed by atoms with E-state index in [2.05, 4.69) is 30.6 Å². The van der Waals surface area contributed by atoms with E-state index < -0.39 is 10.6 Å². The average Bonchev–Trinajstić information content (AvgIpc) is 3.06. The molecule has 3 aromatic heterocycles. The predicted molar refractivity (Wildman–Crippen MR) is 60.7 cm³/mol. The van der Waals surface area contributed by atoms with E-state index in [1.165, 1.54) is 0 Å². The molecule has 3 heterocycles. The highest BCUT2D eigenvalue weighted by atomic mass is 16.6. The number of nitrogens with one attached hydrogen (secondary N) is 1. The highest BCUT2D eigenvalue weighted by molar-refractivity contribution is 5.75. The zero-order valence-electron chi connectivity index (χ0n) is 9.47. The Kier molecular flexibility index (Phi) is 2.32. The van der Waals surface area contributed by atoms with Crippen LogP contribution in [0.3, 0.4) is 0 Å². The molecule has 13 nitrogen and oxygen atoms in total. The van der Waals surface area contributed by atoms with Gasteiger partial charge in [0.2, 0.25) is 11.4 Å². The molecule has 0 bridgehead atoms. The Morgan fingerprint density at radius 3 is 2.15 bits per heavy atom. The molecule has 0 unspecified atom stereocenters. The molecule has 102 valence electrons. The van der Waals surface area contributed by atoms with Crippen molar-refractivity contribution >= 4 is 17.7 Å². The summed E-state index contributed by atoms with van der Waals surface area (Å²) in [5, 5.41) is 31.1. The molecular weight excluding hydrogens is 274 g/mol. The number of hydrogen-bond acceptors (Lipinski definition) is 11. The number of nitro groups is 1.